The maximum Gasteiger partial charge on any atom is 0.246 e. The van der Waals surface area contributed by atoms with Gasteiger partial charge >= 0.3 is 0 Å². The molecule has 0 atom stereocenters. The quantitative estimate of drug-likeness (QED) is 0.760. The molecule has 1 aromatic heterocycles. The molecule has 1 saturated heterocycles. The number of halogens is 1. The Morgan fingerprint density at radius 1 is 1.60 bits per heavy atom. The van der Waals surface area contributed by atoms with Crippen LogP contribution in [0.15, 0.2) is 4.52 Å². The monoisotopic (exact) mass is 232 g/mol. The Morgan fingerprint density at radius 3 is 3.00 bits per heavy atom. The highest BCUT2D eigenvalue weighted by Crippen LogP contribution is 2.03. The second-order valence-electron chi connectivity index (χ2n) is 3.23. The Morgan fingerprint density at radius 2 is 2.40 bits per heavy atom. The van der Waals surface area contributed by atoms with Crippen molar-refractivity contribution in [1.82, 2.24) is 20.4 Å². The third kappa shape index (κ3) is 2.90. The lowest BCUT2D eigenvalue weighted by atomic mass is 10.3. The number of nitrogens with zero attached hydrogens (tertiary/aromatic N) is 3. The van der Waals surface area contributed by atoms with Crippen molar-refractivity contribution in [2.24, 2.45) is 0 Å². The minimum Gasteiger partial charge on any atom is -0.337 e. The fourth-order valence-corrected chi connectivity index (χ4v) is 1.38. The molecule has 1 aliphatic heterocycles. The van der Waals surface area contributed by atoms with Crippen molar-refractivity contribution in [1.29, 1.82) is 0 Å². The number of piperazine rings is 1. The molecule has 0 radical (unpaired) electrons. The Bertz CT molecular complexity index is 341. The summed E-state index contributed by atoms with van der Waals surface area (Å²) in [5.74, 6) is 1.17. The minimum absolute atomic E-state index is 0. The number of carbonyl (C=O) groups is 1. The number of hydrogen-bond donors (Lipinski definition) is 1. The van der Waals surface area contributed by atoms with Crippen LogP contribution in [0.5, 0.6) is 0 Å². The number of nitrogens with one attached hydrogen (secondary N) is 1. The average Bonchev–Trinajstić information content (AvgIpc) is 2.56. The number of aromatic nitrogens is 2. The summed E-state index contributed by atoms with van der Waals surface area (Å²) in [6.45, 7) is 4.08. The van der Waals surface area contributed by atoms with E-state index in [0.717, 1.165) is 6.54 Å². The Kier molecular flexibility index (Phi) is 4.05. The van der Waals surface area contributed by atoms with E-state index in [4.69, 9.17) is 4.52 Å². The molecule has 1 N–H and O–H groups in total. The van der Waals surface area contributed by atoms with Crippen molar-refractivity contribution in [3.8, 4) is 0 Å². The van der Waals surface area contributed by atoms with E-state index in [1.54, 1.807) is 11.8 Å². The Balaban J connectivity index is 0.00000112. The SMILES string of the molecule is Cc1noc(CN2CCNCC2=O)n1.Cl. The molecule has 0 aromatic carbocycles. The van der Waals surface area contributed by atoms with Crippen molar-refractivity contribution >= 4 is 18.3 Å². The first kappa shape index (κ1) is 11.9. The van der Waals surface area contributed by atoms with Crippen molar-refractivity contribution in [2.45, 2.75) is 13.5 Å². The number of hydrogen-bond acceptors (Lipinski definition) is 5. The standard InChI is InChI=1S/C8H12N4O2.ClH/c1-6-10-7(14-11-6)5-12-3-2-9-4-8(12)13;/h9H,2-5H2,1H3;1H. The lowest BCUT2D eigenvalue weighted by molar-refractivity contribution is -0.132. The number of rotatable bonds is 2. The third-order valence-electron chi connectivity index (χ3n) is 2.08. The van der Waals surface area contributed by atoms with Gasteiger partial charge in [0.2, 0.25) is 11.8 Å². The van der Waals surface area contributed by atoms with Gasteiger partial charge in [-0.1, -0.05) is 5.16 Å². The molecule has 0 unspecified atom stereocenters. The first-order valence-corrected chi connectivity index (χ1v) is 4.53. The zero-order valence-corrected chi connectivity index (χ0v) is 9.21. The highest BCUT2D eigenvalue weighted by atomic mass is 35.5. The smallest absolute Gasteiger partial charge is 0.246 e. The first-order chi connectivity index (χ1) is 6.75. The summed E-state index contributed by atoms with van der Waals surface area (Å²) in [5, 5.41) is 6.67. The third-order valence-corrected chi connectivity index (χ3v) is 2.08. The molecule has 1 aromatic rings. The second-order valence-corrected chi connectivity index (χ2v) is 3.23. The van der Waals surface area contributed by atoms with Gasteiger partial charge in [0, 0.05) is 13.1 Å². The molecule has 1 aliphatic rings. The Labute approximate surface area is 93.4 Å². The van der Waals surface area contributed by atoms with Gasteiger partial charge in [-0.3, -0.25) is 4.79 Å². The molecular weight excluding hydrogens is 220 g/mol. The van der Waals surface area contributed by atoms with Crippen LogP contribution < -0.4 is 5.32 Å². The molecule has 2 rings (SSSR count). The predicted octanol–water partition coefficient (Wildman–Crippen LogP) is -0.268. The fourth-order valence-electron chi connectivity index (χ4n) is 1.38. The van der Waals surface area contributed by atoms with Gasteiger partial charge in [-0.05, 0) is 6.92 Å². The molecule has 0 saturated carbocycles. The molecule has 2 heterocycles. The van der Waals surface area contributed by atoms with Gasteiger partial charge in [0.05, 0.1) is 6.54 Å². The number of carbonyl (C=O) groups excluding carboxylic acids is 1. The summed E-state index contributed by atoms with van der Waals surface area (Å²) in [4.78, 5) is 17.1. The van der Waals surface area contributed by atoms with Crippen LogP contribution in [-0.4, -0.2) is 40.6 Å². The second kappa shape index (κ2) is 5.09. The summed E-state index contributed by atoms with van der Waals surface area (Å²) in [6.07, 6.45) is 0. The zero-order chi connectivity index (χ0) is 9.97. The lowest BCUT2D eigenvalue weighted by Gasteiger charge is -2.25. The van der Waals surface area contributed by atoms with Crippen molar-refractivity contribution in [3.63, 3.8) is 0 Å². The van der Waals surface area contributed by atoms with Crippen LogP contribution in [0.1, 0.15) is 11.7 Å². The summed E-state index contributed by atoms with van der Waals surface area (Å²) in [7, 11) is 0. The summed E-state index contributed by atoms with van der Waals surface area (Å²) in [5.41, 5.74) is 0. The molecule has 1 amide bonds. The van der Waals surface area contributed by atoms with E-state index in [1.165, 1.54) is 0 Å². The van der Waals surface area contributed by atoms with Crippen LogP contribution in [0.25, 0.3) is 0 Å². The van der Waals surface area contributed by atoms with Crippen LogP contribution in [-0.2, 0) is 11.3 Å². The van der Waals surface area contributed by atoms with Crippen LogP contribution >= 0.6 is 12.4 Å². The average molecular weight is 233 g/mol. The molecule has 0 spiro atoms. The number of aryl methyl sites for hydroxylation is 1. The molecule has 15 heavy (non-hydrogen) atoms. The molecule has 1 fully saturated rings. The zero-order valence-electron chi connectivity index (χ0n) is 8.39. The van der Waals surface area contributed by atoms with Crippen LogP contribution in [0.4, 0.5) is 0 Å². The Hall–Kier alpha value is -1.14. The fraction of sp³-hybridized carbons (Fsp3) is 0.625. The molecule has 84 valence electrons. The van der Waals surface area contributed by atoms with Gasteiger partial charge in [-0.25, -0.2) is 0 Å². The van der Waals surface area contributed by atoms with E-state index >= 15 is 0 Å². The summed E-state index contributed by atoms with van der Waals surface area (Å²) < 4.78 is 4.94. The minimum atomic E-state index is 0. The maximum absolute atomic E-state index is 11.4. The van der Waals surface area contributed by atoms with Gasteiger partial charge in [0.15, 0.2) is 5.82 Å². The normalized spacial score (nSPS) is 16.3. The predicted molar refractivity (Wildman–Crippen MR) is 54.6 cm³/mol. The highest BCUT2D eigenvalue weighted by molar-refractivity contribution is 5.85. The largest absolute Gasteiger partial charge is 0.337 e. The van der Waals surface area contributed by atoms with E-state index < -0.39 is 0 Å². The van der Waals surface area contributed by atoms with E-state index in [2.05, 4.69) is 15.5 Å². The molecular formula is C8H13ClN4O2. The van der Waals surface area contributed by atoms with Gasteiger partial charge < -0.3 is 14.7 Å². The summed E-state index contributed by atoms with van der Waals surface area (Å²) in [6, 6.07) is 0. The van der Waals surface area contributed by atoms with E-state index in [-0.39, 0.29) is 18.3 Å². The molecule has 6 nitrogen and oxygen atoms in total. The topological polar surface area (TPSA) is 71.3 Å². The van der Waals surface area contributed by atoms with Crippen molar-refractivity contribution in [3.05, 3.63) is 11.7 Å². The van der Waals surface area contributed by atoms with E-state index in [9.17, 15) is 4.79 Å². The van der Waals surface area contributed by atoms with Crippen molar-refractivity contribution < 1.29 is 9.32 Å². The van der Waals surface area contributed by atoms with Crippen LogP contribution in [0.2, 0.25) is 0 Å². The number of amides is 1. The maximum atomic E-state index is 11.4. The lowest BCUT2D eigenvalue weighted by Crippen LogP contribution is -2.47. The van der Waals surface area contributed by atoms with Crippen LogP contribution in [0.3, 0.4) is 0 Å². The first-order valence-electron chi connectivity index (χ1n) is 4.53. The van der Waals surface area contributed by atoms with E-state index in [1.807, 2.05) is 0 Å². The molecule has 0 aliphatic carbocycles. The molecule has 0 bridgehead atoms. The van der Waals surface area contributed by atoms with Gasteiger partial charge in [0.25, 0.3) is 0 Å². The van der Waals surface area contributed by atoms with E-state index in [0.29, 0.717) is 31.3 Å². The van der Waals surface area contributed by atoms with Crippen molar-refractivity contribution in [2.75, 3.05) is 19.6 Å². The highest BCUT2D eigenvalue weighted by Gasteiger charge is 2.19. The molecule has 7 heteroatoms. The van der Waals surface area contributed by atoms with Gasteiger partial charge in [-0.2, -0.15) is 4.98 Å². The summed E-state index contributed by atoms with van der Waals surface area (Å²) >= 11 is 0. The van der Waals surface area contributed by atoms with Gasteiger partial charge in [-0.15, -0.1) is 12.4 Å². The van der Waals surface area contributed by atoms with Gasteiger partial charge in [0.1, 0.15) is 6.54 Å². The van der Waals surface area contributed by atoms with Crippen LogP contribution in [0, 0.1) is 6.92 Å².